The van der Waals surface area contributed by atoms with Crippen molar-refractivity contribution in [3.63, 3.8) is 0 Å². The summed E-state index contributed by atoms with van der Waals surface area (Å²) in [5, 5.41) is 0. The van der Waals surface area contributed by atoms with Crippen molar-refractivity contribution in [3.8, 4) is 0 Å². The summed E-state index contributed by atoms with van der Waals surface area (Å²) in [4.78, 5) is 31.8. The summed E-state index contributed by atoms with van der Waals surface area (Å²) in [5.74, 6) is 0.128. The van der Waals surface area contributed by atoms with Crippen LogP contribution in [0.3, 0.4) is 0 Å². The van der Waals surface area contributed by atoms with E-state index in [0.717, 1.165) is 24.3 Å². The van der Waals surface area contributed by atoms with Gasteiger partial charge in [-0.25, -0.2) is 0 Å². The van der Waals surface area contributed by atoms with Crippen LogP contribution in [0.25, 0.3) is 0 Å². The van der Waals surface area contributed by atoms with Crippen LogP contribution < -0.4 is 4.90 Å². The number of carbonyl (C=O) groups is 2. The minimum atomic E-state index is 0.0546. The number of hydrogen-bond donors (Lipinski definition) is 0. The van der Waals surface area contributed by atoms with Crippen molar-refractivity contribution in [1.29, 1.82) is 0 Å². The van der Waals surface area contributed by atoms with E-state index in [0.29, 0.717) is 18.7 Å². The number of rotatable bonds is 3. The van der Waals surface area contributed by atoms with Crippen LogP contribution in [0.4, 0.5) is 5.69 Å². The summed E-state index contributed by atoms with van der Waals surface area (Å²) in [5.41, 5.74) is 2.49. The van der Waals surface area contributed by atoms with Crippen LogP contribution in [0.5, 0.6) is 0 Å². The highest BCUT2D eigenvalue weighted by atomic mass is 16.2. The molecular formula is C18H19N3O2. The van der Waals surface area contributed by atoms with Crippen molar-refractivity contribution >= 4 is 17.4 Å². The average molecular weight is 309 g/mol. The van der Waals surface area contributed by atoms with Gasteiger partial charge in [-0.15, -0.1) is 0 Å². The molecule has 0 unspecified atom stereocenters. The lowest BCUT2D eigenvalue weighted by molar-refractivity contribution is 0.0746. The third-order valence-corrected chi connectivity index (χ3v) is 4.13. The number of aromatic nitrogens is 1. The lowest BCUT2D eigenvalue weighted by Gasteiger charge is -2.36. The van der Waals surface area contributed by atoms with E-state index in [1.54, 1.807) is 31.5 Å². The van der Waals surface area contributed by atoms with Gasteiger partial charge in [-0.05, 0) is 43.3 Å². The van der Waals surface area contributed by atoms with Gasteiger partial charge < -0.3 is 9.80 Å². The van der Waals surface area contributed by atoms with Crippen molar-refractivity contribution in [1.82, 2.24) is 9.88 Å². The Labute approximate surface area is 135 Å². The predicted octanol–water partition coefficient (Wildman–Crippen LogP) is 2.25. The van der Waals surface area contributed by atoms with Gasteiger partial charge >= 0.3 is 0 Å². The van der Waals surface area contributed by atoms with Gasteiger partial charge in [0.1, 0.15) is 0 Å². The standard InChI is InChI=1S/C18H19N3O2/c1-14(22)15-2-4-17(5-3-15)20-10-12-21(13-11-20)18(23)16-6-8-19-9-7-16/h2-9H,10-13H2,1H3. The number of ketones is 1. The van der Waals surface area contributed by atoms with Crippen molar-refractivity contribution in [2.24, 2.45) is 0 Å². The Balaban J connectivity index is 1.62. The maximum absolute atomic E-state index is 12.4. The molecule has 118 valence electrons. The molecule has 0 saturated carbocycles. The molecule has 1 amide bonds. The number of nitrogens with zero attached hydrogens (tertiary/aromatic N) is 3. The van der Waals surface area contributed by atoms with Gasteiger partial charge in [0.05, 0.1) is 0 Å². The Bertz CT molecular complexity index is 690. The summed E-state index contributed by atoms with van der Waals surface area (Å²) >= 11 is 0. The zero-order valence-corrected chi connectivity index (χ0v) is 13.1. The van der Waals surface area contributed by atoms with Crippen LogP contribution in [-0.2, 0) is 0 Å². The minimum Gasteiger partial charge on any atom is -0.368 e. The van der Waals surface area contributed by atoms with E-state index in [4.69, 9.17) is 0 Å². The summed E-state index contributed by atoms with van der Waals surface area (Å²) in [6.45, 7) is 4.52. The van der Waals surface area contributed by atoms with Gasteiger partial charge in [0.15, 0.2) is 5.78 Å². The number of pyridine rings is 1. The Kier molecular flexibility index (Phi) is 4.37. The third kappa shape index (κ3) is 3.39. The molecule has 2 heterocycles. The zero-order chi connectivity index (χ0) is 16.2. The molecule has 0 aliphatic carbocycles. The lowest BCUT2D eigenvalue weighted by atomic mass is 10.1. The second-order valence-electron chi connectivity index (χ2n) is 5.62. The molecule has 0 atom stereocenters. The van der Waals surface area contributed by atoms with E-state index >= 15 is 0 Å². The molecule has 1 aliphatic heterocycles. The molecule has 2 aromatic rings. The molecule has 0 N–H and O–H groups in total. The Morgan fingerprint density at radius 3 is 2.04 bits per heavy atom. The first-order chi connectivity index (χ1) is 11.1. The number of anilines is 1. The molecule has 1 aromatic carbocycles. The summed E-state index contributed by atoms with van der Waals surface area (Å²) in [6, 6.07) is 11.1. The third-order valence-electron chi connectivity index (χ3n) is 4.13. The van der Waals surface area contributed by atoms with Crippen molar-refractivity contribution in [2.45, 2.75) is 6.92 Å². The Morgan fingerprint density at radius 2 is 1.48 bits per heavy atom. The van der Waals surface area contributed by atoms with E-state index in [1.807, 2.05) is 29.2 Å². The van der Waals surface area contributed by atoms with Gasteiger partial charge in [0.25, 0.3) is 5.91 Å². The van der Waals surface area contributed by atoms with Crippen LogP contribution in [0.2, 0.25) is 0 Å². The maximum atomic E-state index is 12.4. The SMILES string of the molecule is CC(=O)c1ccc(N2CCN(C(=O)c3ccncc3)CC2)cc1. The van der Waals surface area contributed by atoms with E-state index in [-0.39, 0.29) is 11.7 Å². The molecule has 1 fully saturated rings. The summed E-state index contributed by atoms with van der Waals surface area (Å²) in [7, 11) is 0. The molecule has 0 radical (unpaired) electrons. The number of piperazine rings is 1. The quantitative estimate of drug-likeness (QED) is 0.816. The smallest absolute Gasteiger partial charge is 0.254 e. The molecule has 1 aliphatic rings. The van der Waals surface area contributed by atoms with Gasteiger partial charge in [-0.2, -0.15) is 0 Å². The second-order valence-corrected chi connectivity index (χ2v) is 5.62. The minimum absolute atomic E-state index is 0.0546. The summed E-state index contributed by atoms with van der Waals surface area (Å²) < 4.78 is 0. The molecule has 5 heteroatoms. The van der Waals surface area contributed by atoms with E-state index in [1.165, 1.54) is 0 Å². The van der Waals surface area contributed by atoms with Crippen LogP contribution in [-0.4, -0.2) is 47.8 Å². The average Bonchev–Trinajstić information content (AvgIpc) is 2.62. The number of carbonyl (C=O) groups excluding carboxylic acids is 2. The number of amides is 1. The van der Waals surface area contributed by atoms with Gasteiger partial charge in [0, 0.05) is 55.4 Å². The zero-order valence-electron chi connectivity index (χ0n) is 13.1. The molecule has 5 nitrogen and oxygen atoms in total. The highest BCUT2D eigenvalue weighted by Gasteiger charge is 2.22. The monoisotopic (exact) mass is 309 g/mol. The second kappa shape index (κ2) is 6.60. The highest BCUT2D eigenvalue weighted by molar-refractivity contribution is 5.95. The van der Waals surface area contributed by atoms with Crippen LogP contribution >= 0.6 is 0 Å². The van der Waals surface area contributed by atoms with E-state index < -0.39 is 0 Å². The number of hydrogen-bond acceptors (Lipinski definition) is 4. The van der Waals surface area contributed by atoms with E-state index in [9.17, 15) is 9.59 Å². The first-order valence-corrected chi connectivity index (χ1v) is 7.70. The molecule has 0 spiro atoms. The lowest BCUT2D eigenvalue weighted by Crippen LogP contribution is -2.48. The van der Waals surface area contributed by atoms with Gasteiger partial charge in [0.2, 0.25) is 0 Å². The topological polar surface area (TPSA) is 53.5 Å². The predicted molar refractivity (Wildman–Crippen MR) is 88.8 cm³/mol. The van der Waals surface area contributed by atoms with Crippen LogP contribution in [0, 0.1) is 0 Å². The Morgan fingerprint density at radius 1 is 0.870 bits per heavy atom. The van der Waals surface area contributed by atoms with Crippen LogP contribution in [0.15, 0.2) is 48.8 Å². The Hall–Kier alpha value is -2.69. The van der Waals surface area contributed by atoms with E-state index in [2.05, 4.69) is 9.88 Å². The largest absolute Gasteiger partial charge is 0.368 e. The van der Waals surface area contributed by atoms with Crippen molar-refractivity contribution < 1.29 is 9.59 Å². The van der Waals surface area contributed by atoms with Crippen molar-refractivity contribution in [2.75, 3.05) is 31.1 Å². The fourth-order valence-electron chi connectivity index (χ4n) is 2.75. The molecule has 1 saturated heterocycles. The number of benzene rings is 1. The van der Waals surface area contributed by atoms with Gasteiger partial charge in [-0.3, -0.25) is 14.6 Å². The van der Waals surface area contributed by atoms with Crippen molar-refractivity contribution in [3.05, 3.63) is 59.9 Å². The molecular weight excluding hydrogens is 290 g/mol. The molecule has 23 heavy (non-hydrogen) atoms. The molecule has 0 bridgehead atoms. The summed E-state index contributed by atoms with van der Waals surface area (Å²) in [6.07, 6.45) is 3.28. The van der Waals surface area contributed by atoms with Gasteiger partial charge in [-0.1, -0.05) is 0 Å². The molecule has 3 rings (SSSR count). The molecule has 1 aromatic heterocycles. The normalized spacial score (nSPS) is 14.7. The number of Topliss-reactive ketones (excluding diaryl/α,β-unsaturated/α-hetero) is 1. The first kappa shape index (κ1) is 15.2. The van der Waals surface area contributed by atoms with Crippen LogP contribution in [0.1, 0.15) is 27.6 Å². The fraction of sp³-hybridized carbons (Fsp3) is 0.278. The fourth-order valence-corrected chi connectivity index (χ4v) is 2.75. The maximum Gasteiger partial charge on any atom is 0.254 e. The highest BCUT2D eigenvalue weighted by Crippen LogP contribution is 2.18. The first-order valence-electron chi connectivity index (χ1n) is 7.70.